The highest BCUT2D eigenvalue weighted by Gasteiger charge is 2.66. The molecule has 4 aliphatic rings. The van der Waals surface area contributed by atoms with Gasteiger partial charge in [0.15, 0.2) is 5.15 Å². The zero-order valence-corrected chi connectivity index (χ0v) is 14.2. The van der Waals surface area contributed by atoms with Crippen LogP contribution in [-0.4, -0.2) is 50.0 Å². The number of nitrogens with one attached hydrogen (secondary N) is 1. The smallest absolute Gasteiger partial charge is 0.241 e. The van der Waals surface area contributed by atoms with E-state index in [0.717, 1.165) is 23.7 Å². The fourth-order valence-corrected chi connectivity index (χ4v) is 4.62. The Hall–Kier alpha value is -1.44. The predicted octanol–water partition coefficient (Wildman–Crippen LogP) is 1.64. The number of anilines is 1. The van der Waals surface area contributed by atoms with Gasteiger partial charge in [0.25, 0.3) is 0 Å². The molecule has 1 saturated heterocycles. The number of aliphatic hydroxyl groups is 1. The summed E-state index contributed by atoms with van der Waals surface area (Å²) in [5.41, 5.74) is 0.867. The topological polar surface area (TPSA) is 84.6 Å². The van der Waals surface area contributed by atoms with E-state index in [4.69, 9.17) is 16.3 Å². The van der Waals surface area contributed by atoms with Gasteiger partial charge in [-0.3, -0.25) is 0 Å². The van der Waals surface area contributed by atoms with Crippen LogP contribution >= 0.6 is 11.6 Å². The molecule has 3 heterocycles. The van der Waals surface area contributed by atoms with Gasteiger partial charge in [0.1, 0.15) is 11.3 Å². The highest BCUT2D eigenvalue weighted by atomic mass is 35.5. The van der Waals surface area contributed by atoms with Gasteiger partial charge in [-0.15, -0.1) is 5.10 Å². The lowest BCUT2D eigenvalue weighted by Gasteiger charge is -2.66. The van der Waals surface area contributed by atoms with Crippen LogP contribution in [0.5, 0.6) is 0 Å². The van der Waals surface area contributed by atoms with Gasteiger partial charge < -0.3 is 15.2 Å². The third-order valence-electron chi connectivity index (χ3n) is 6.27. The van der Waals surface area contributed by atoms with Gasteiger partial charge in [-0.25, -0.2) is 14.5 Å². The number of nitrogens with zero attached hydrogens (tertiary/aromatic N) is 4. The number of aliphatic hydroxyl groups excluding tert-OH is 1. The second-order valence-corrected chi connectivity index (χ2v) is 7.76. The number of hydrogen-bond donors (Lipinski definition) is 2. The first-order valence-electron chi connectivity index (χ1n) is 8.52. The second-order valence-electron chi connectivity index (χ2n) is 7.40. The largest absolute Gasteiger partial charge is 0.389 e. The minimum absolute atomic E-state index is 0.104. The van der Waals surface area contributed by atoms with E-state index >= 15 is 0 Å². The second kappa shape index (κ2) is 5.03. The van der Waals surface area contributed by atoms with E-state index in [1.165, 1.54) is 12.8 Å². The summed E-state index contributed by atoms with van der Waals surface area (Å²) in [6.07, 6.45) is 4.23. The summed E-state index contributed by atoms with van der Waals surface area (Å²) >= 11 is 6.31. The van der Waals surface area contributed by atoms with Crippen LogP contribution in [0.4, 0.5) is 5.95 Å². The lowest BCUT2D eigenvalue weighted by atomic mass is 9.38. The van der Waals surface area contributed by atoms with Gasteiger partial charge in [0, 0.05) is 12.0 Å². The maximum atomic E-state index is 10.0. The molecule has 128 valence electrons. The number of halogens is 1. The van der Waals surface area contributed by atoms with Gasteiger partial charge in [-0.05, 0) is 31.1 Å². The Morgan fingerprint density at radius 3 is 2.96 bits per heavy atom. The Balaban J connectivity index is 1.50. The summed E-state index contributed by atoms with van der Waals surface area (Å²) in [5, 5.41) is 18.3. The molecule has 2 bridgehead atoms. The molecule has 3 atom stereocenters. The Bertz CT molecular complexity index is 803. The van der Waals surface area contributed by atoms with E-state index in [1.54, 1.807) is 6.20 Å². The molecular weight excluding hydrogens is 330 g/mol. The molecule has 0 aromatic carbocycles. The molecule has 1 unspecified atom stereocenters. The Morgan fingerprint density at radius 2 is 2.29 bits per heavy atom. The lowest BCUT2D eigenvalue weighted by molar-refractivity contribution is -0.115. The normalized spacial score (nSPS) is 37.8. The molecule has 6 rings (SSSR count). The Morgan fingerprint density at radius 1 is 1.46 bits per heavy atom. The van der Waals surface area contributed by atoms with Gasteiger partial charge in [0.2, 0.25) is 5.95 Å². The SMILES string of the molecule is CC1C2CC1(c1nc(Cl)c3cnc(N[C@@H]4CCOC[C@H]4O)nn13)C2. The van der Waals surface area contributed by atoms with Gasteiger partial charge in [0.05, 0.1) is 24.9 Å². The summed E-state index contributed by atoms with van der Waals surface area (Å²) in [6, 6.07) is -0.104. The monoisotopic (exact) mass is 349 g/mol. The molecule has 0 spiro atoms. The zero-order chi connectivity index (χ0) is 16.5. The average molecular weight is 350 g/mol. The van der Waals surface area contributed by atoms with E-state index < -0.39 is 6.10 Å². The van der Waals surface area contributed by atoms with Gasteiger partial charge in [-0.1, -0.05) is 18.5 Å². The van der Waals surface area contributed by atoms with Crippen molar-refractivity contribution in [3.05, 3.63) is 17.2 Å². The van der Waals surface area contributed by atoms with Crippen LogP contribution in [0.1, 0.15) is 32.0 Å². The van der Waals surface area contributed by atoms with Crippen molar-refractivity contribution >= 4 is 23.1 Å². The molecule has 2 aromatic rings. The number of ether oxygens (including phenoxy) is 1. The minimum atomic E-state index is -0.554. The van der Waals surface area contributed by atoms with Gasteiger partial charge >= 0.3 is 0 Å². The van der Waals surface area contributed by atoms with Crippen LogP contribution in [0.2, 0.25) is 5.15 Å². The molecule has 3 saturated carbocycles. The Labute approximate surface area is 144 Å². The average Bonchev–Trinajstić information content (AvgIpc) is 2.85. The predicted molar refractivity (Wildman–Crippen MR) is 88.2 cm³/mol. The van der Waals surface area contributed by atoms with Crippen molar-refractivity contribution in [1.29, 1.82) is 0 Å². The zero-order valence-electron chi connectivity index (χ0n) is 13.4. The fraction of sp³-hybridized carbons (Fsp3) is 0.688. The first-order valence-corrected chi connectivity index (χ1v) is 8.90. The van der Waals surface area contributed by atoms with Crippen LogP contribution in [0.3, 0.4) is 0 Å². The highest BCUT2D eigenvalue weighted by molar-refractivity contribution is 6.32. The maximum absolute atomic E-state index is 10.0. The number of fused-ring (bicyclic) bond motifs is 1. The Kier molecular flexibility index (Phi) is 3.12. The van der Waals surface area contributed by atoms with Crippen LogP contribution in [0.25, 0.3) is 5.52 Å². The van der Waals surface area contributed by atoms with Crippen LogP contribution in [0.15, 0.2) is 6.20 Å². The third-order valence-corrected chi connectivity index (χ3v) is 6.54. The third kappa shape index (κ3) is 1.89. The maximum Gasteiger partial charge on any atom is 0.241 e. The highest BCUT2D eigenvalue weighted by Crippen LogP contribution is 2.68. The number of rotatable bonds is 3. The fourth-order valence-electron chi connectivity index (χ4n) is 4.41. The molecule has 8 heteroatoms. The molecule has 24 heavy (non-hydrogen) atoms. The molecule has 0 radical (unpaired) electrons. The summed E-state index contributed by atoms with van der Waals surface area (Å²) in [7, 11) is 0. The quantitative estimate of drug-likeness (QED) is 0.876. The molecule has 3 aliphatic carbocycles. The van der Waals surface area contributed by atoms with E-state index in [0.29, 0.717) is 30.2 Å². The summed E-state index contributed by atoms with van der Waals surface area (Å²) in [5.74, 6) is 2.91. The summed E-state index contributed by atoms with van der Waals surface area (Å²) in [4.78, 5) is 8.95. The van der Waals surface area contributed by atoms with Gasteiger partial charge in [-0.2, -0.15) is 0 Å². The molecule has 4 fully saturated rings. The first kappa shape index (κ1) is 14.9. The molecule has 2 N–H and O–H groups in total. The van der Waals surface area contributed by atoms with Crippen molar-refractivity contribution in [2.45, 2.75) is 43.7 Å². The van der Waals surface area contributed by atoms with Crippen molar-refractivity contribution in [1.82, 2.24) is 19.6 Å². The van der Waals surface area contributed by atoms with E-state index in [-0.39, 0.29) is 11.5 Å². The molecule has 0 amide bonds. The molecular formula is C16H20ClN5O2. The standard InChI is InChI=1S/C16H20ClN5O2/c1-8-9-4-16(8,5-9)14-20-13(17)11-6-18-15(21-22(11)14)19-10-2-3-24-7-12(10)23/h6,8-10,12,23H,2-5,7H2,1H3,(H,19,21)/t8?,9?,10-,12-,16?/m1/s1. The molecule has 1 aliphatic heterocycles. The van der Waals surface area contributed by atoms with Crippen molar-refractivity contribution in [3.8, 4) is 0 Å². The summed E-state index contributed by atoms with van der Waals surface area (Å²) in [6.45, 7) is 3.25. The molecule has 7 nitrogen and oxygen atoms in total. The van der Waals surface area contributed by atoms with Crippen molar-refractivity contribution in [2.75, 3.05) is 18.5 Å². The van der Waals surface area contributed by atoms with Crippen LogP contribution in [-0.2, 0) is 10.2 Å². The lowest BCUT2D eigenvalue weighted by Crippen LogP contribution is -2.64. The number of hydrogen-bond acceptors (Lipinski definition) is 6. The summed E-state index contributed by atoms with van der Waals surface area (Å²) < 4.78 is 7.11. The minimum Gasteiger partial charge on any atom is -0.389 e. The van der Waals surface area contributed by atoms with E-state index in [1.807, 2.05) is 4.52 Å². The van der Waals surface area contributed by atoms with Crippen molar-refractivity contribution in [3.63, 3.8) is 0 Å². The van der Waals surface area contributed by atoms with Crippen molar-refractivity contribution in [2.24, 2.45) is 11.8 Å². The van der Waals surface area contributed by atoms with E-state index in [9.17, 15) is 5.11 Å². The first-order chi connectivity index (χ1) is 11.6. The van der Waals surface area contributed by atoms with E-state index in [2.05, 4.69) is 27.3 Å². The van der Waals surface area contributed by atoms with Crippen LogP contribution in [0, 0.1) is 11.8 Å². The number of aromatic nitrogens is 4. The number of imidazole rings is 1. The van der Waals surface area contributed by atoms with Crippen LogP contribution < -0.4 is 5.32 Å². The molecule has 2 aromatic heterocycles. The van der Waals surface area contributed by atoms with Crippen molar-refractivity contribution < 1.29 is 9.84 Å².